The van der Waals surface area contributed by atoms with Gasteiger partial charge >= 0.3 is 0 Å². The molecule has 2 heterocycles. The summed E-state index contributed by atoms with van der Waals surface area (Å²) in [6.45, 7) is 1.83. The monoisotopic (exact) mass is 193 g/mol. The largest absolute Gasteiger partial charge is 0.382 e. The molecule has 2 aliphatic rings. The van der Waals surface area contributed by atoms with Crippen LogP contribution in [0.2, 0.25) is 0 Å². The van der Waals surface area contributed by atoms with Crippen LogP contribution in [0.25, 0.3) is 0 Å². The van der Waals surface area contributed by atoms with Gasteiger partial charge in [0.1, 0.15) is 5.82 Å². The van der Waals surface area contributed by atoms with Gasteiger partial charge in [-0.2, -0.15) is 5.10 Å². The summed E-state index contributed by atoms with van der Waals surface area (Å²) in [5, 5.41) is 7.00. The lowest BCUT2D eigenvalue weighted by Crippen LogP contribution is -2.18. The Labute approximate surface area is 82.8 Å². The van der Waals surface area contributed by atoms with Crippen molar-refractivity contribution in [1.29, 1.82) is 0 Å². The summed E-state index contributed by atoms with van der Waals surface area (Å²) in [6.07, 6.45) is 3.66. The second kappa shape index (κ2) is 2.73. The van der Waals surface area contributed by atoms with E-state index in [0.29, 0.717) is 17.2 Å². The maximum atomic E-state index is 5.60. The lowest BCUT2D eigenvalue weighted by molar-refractivity contribution is 0.0555. The predicted molar refractivity (Wildman–Crippen MR) is 52.8 cm³/mol. The maximum Gasteiger partial charge on any atom is 0.145 e. The normalized spacial score (nSPS) is 29.3. The van der Waals surface area contributed by atoms with Crippen molar-refractivity contribution in [1.82, 2.24) is 10.2 Å². The van der Waals surface area contributed by atoms with E-state index in [9.17, 15) is 0 Å². The molecule has 0 bridgehead atoms. The highest BCUT2D eigenvalue weighted by atomic mass is 16.5. The molecule has 14 heavy (non-hydrogen) atoms. The fraction of sp³-hybridized carbons (Fsp3) is 0.700. The minimum atomic E-state index is 0.511. The van der Waals surface area contributed by atoms with E-state index < -0.39 is 0 Å². The van der Waals surface area contributed by atoms with Crippen LogP contribution in [0, 0.1) is 5.41 Å². The van der Waals surface area contributed by atoms with E-state index in [1.54, 1.807) is 0 Å². The minimum absolute atomic E-state index is 0.511. The molecule has 1 aromatic rings. The number of nitrogens with two attached hydrogens (primary N) is 1. The van der Waals surface area contributed by atoms with Gasteiger partial charge in [0.2, 0.25) is 0 Å². The molecule has 1 aromatic heterocycles. The van der Waals surface area contributed by atoms with Gasteiger partial charge in [-0.3, -0.25) is 5.10 Å². The molecule has 1 saturated heterocycles. The van der Waals surface area contributed by atoms with Crippen LogP contribution in [-0.4, -0.2) is 23.4 Å². The van der Waals surface area contributed by atoms with Crippen molar-refractivity contribution in [3.63, 3.8) is 0 Å². The number of hydrogen-bond acceptors (Lipinski definition) is 3. The van der Waals surface area contributed by atoms with Gasteiger partial charge in [0.25, 0.3) is 0 Å². The average Bonchev–Trinajstić information content (AvgIpc) is 2.70. The van der Waals surface area contributed by atoms with Crippen molar-refractivity contribution >= 4 is 5.82 Å². The number of aromatic nitrogens is 2. The van der Waals surface area contributed by atoms with Crippen LogP contribution in [0.1, 0.15) is 30.9 Å². The van der Waals surface area contributed by atoms with Crippen LogP contribution < -0.4 is 5.73 Å². The molecular formula is C10H15N3O. The summed E-state index contributed by atoms with van der Waals surface area (Å²) in [6, 6.07) is 1.97. The van der Waals surface area contributed by atoms with Crippen LogP contribution >= 0.6 is 0 Å². The van der Waals surface area contributed by atoms with E-state index in [-0.39, 0.29) is 0 Å². The van der Waals surface area contributed by atoms with Crippen molar-refractivity contribution in [2.75, 3.05) is 18.9 Å². The zero-order valence-electron chi connectivity index (χ0n) is 8.12. The van der Waals surface area contributed by atoms with Crippen molar-refractivity contribution in [3.05, 3.63) is 11.8 Å². The Hall–Kier alpha value is -1.03. The molecular weight excluding hydrogens is 178 g/mol. The summed E-state index contributed by atoms with van der Waals surface area (Å²) in [5.41, 5.74) is 7.32. The Morgan fingerprint density at radius 2 is 2.29 bits per heavy atom. The number of nitrogens with zero attached hydrogens (tertiary/aromatic N) is 1. The summed E-state index contributed by atoms with van der Waals surface area (Å²) in [5.74, 6) is 1.25. The molecule has 1 aliphatic carbocycles. The van der Waals surface area contributed by atoms with E-state index in [1.165, 1.54) is 25.0 Å². The smallest absolute Gasteiger partial charge is 0.145 e. The molecule has 1 saturated carbocycles. The molecule has 2 fully saturated rings. The maximum absolute atomic E-state index is 5.60. The van der Waals surface area contributed by atoms with Crippen molar-refractivity contribution < 1.29 is 4.74 Å². The Morgan fingerprint density at radius 3 is 2.93 bits per heavy atom. The topological polar surface area (TPSA) is 63.9 Å². The van der Waals surface area contributed by atoms with E-state index in [1.807, 2.05) is 6.07 Å². The number of ether oxygens (including phenoxy) is 1. The predicted octanol–water partition coefficient (Wildman–Crippen LogP) is 1.28. The zero-order chi connectivity index (χ0) is 9.60. The Bertz CT molecular complexity index is 341. The number of anilines is 1. The first-order valence-electron chi connectivity index (χ1n) is 5.19. The number of nitrogen functional groups attached to an aromatic ring is 1. The third-order valence-electron chi connectivity index (χ3n) is 3.67. The molecule has 76 valence electrons. The second-order valence-electron chi connectivity index (χ2n) is 4.48. The summed E-state index contributed by atoms with van der Waals surface area (Å²) < 4.78 is 5.38. The number of H-pyrrole nitrogens is 1. The van der Waals surface area contributed by atoms with Gasteiger partial charge in [0.15, 0.2) is 0 Å². The first kappa shape index (κ1) is 8.29. The molecule has 0 amide bonds. The van der Waals surface area contributed by atoms with Gasteiger partial charge in [0.05, 0.1) is 0 Å². The first-order valence-corrected chi connectivity index (χ1v) is 5.19. The minimum Gasteiger partial charge on any atom is -0.382 e. The molecule has 4 nitrogen and oxygen atoms in total. The van der Waals surface area contributed by atoms with E-state index in [4.69, 9.17) is 10.5 Å². The number of nitrogens with one attached hydrogen (secondary N) is 1. The molecule has 1 atom stereocenters. The van der Waals surface area contributed by atoms with Crippen LogP contribution in [0.5, 0.6) is 0 Å². The zero-order valence-corrected chi connectivity index (χ0v) is 8.12. The molecule has 1 aliphatic heterocycles. The van der Waals surface area contributed by atoms with Crippen molar-refractivity contribution in [2.45, 2.75) is 25.2 Å². The Balaban J connectivity index is 1.77. The second-order valence-corrected chi connectivity index (χ2v) is 4.48. The molecule has 4 heteroatoms. The Kier molecular flexibility index (Phi) is 1.62. The first-order chi connectivity index (χ1) is 6.80. The molecule has 1 spiro atoms. The Morgan fingerprint density at radius 1 is 1.50 bits per heavy atom. The van der Waals surface area contributed by atoms with Gasteiger partial charge in [0, 0.05) is 30.9 Å². The SMILES string of the molecule is Nc1cc(C2CC23CCOCC3)[nH]n1. The molecule has 0 radical (unpaired) electrons. The van der Waals surface area contributed by atoms with E-state index in [2.05, 4.69) is 10.2 Å². The highest BCUT2D eigenvalue weighted by Crippen LogP contribution is 2.64. The van der Waals surface area contributed by atoms with Crippen LogP contribution in [-0.2, 0) is 4.74 Å². The van der Waals surface area contributed by atoms with E-state index >= 15 is 0 Å². The fourth-order valence-corrected chi connectivity index (χ4v) is 2.65. The summed E-state index contributed by atoms with van der Waals surface area (Å²) in [4.78, 5) is 0. The van der Waals surface area contributed by atoms with Crippen molar-refractivity contribution in [3.8, 4) is 0 Å². The highest BCUT2D eigenvalue weighted by molar-refractivity contribution is 5.34. The third kappa shape index (κ3) is 1.14. The molecule has 3 rings (SSSR count). The highest BCUT2D eigenvalue weighted by Gasteiger charge is 2.55. The lowest BCUT2D eigenvalue weighted by Gasteiger charge is -2.22. The van der Waals surface area contributed by atoms with Crippen LogP contribution in [0.3, 0.4) is 0 Å². The molecule has 0 aromatic carbocycles. The standard InChI is InChI=1S/C10H15N3O/c11-9-5-8(12-13-9)7-6-10(7)1-3-14-4-2-10/h5,7H,1-4,6H2,(H3,11,12,13). The van der Waals surface area contributed by atoms with E-state index in [0.717, 1.165) is 13.2 Å². The van der Waals surface area contributed by atoms with Crippen LogP contribution in [0.15, 0.2) is 6.07 Å². The van der Waals surface area contributed by atoms with Gasteiger partial charge < -0.3 is 10.5 Å². The van der Waals surface area contributed by atoms with Crippen LogP contribution in [0.4, 0.5) is 5.82 Å². The summed E-state index contributed by atoms with van der Waals surface area (Å²) in [7, 11) is 0. The third-order valence-corrected chi connectivity index (χ3v) is 3.67. The van der Waals surface area contributed by atoms with Gasteiger partial charge in [-0.25, -0.2) is 0 Å². The quantitative estimate of drug-likeness (QED) is 0.706. The lowest BCUT2D eigenvalue weighted by atomic mass is 9.93. The average molecular weight is 193 g/mol. The number of aromatic amines is 1. The fourth-order valence-electron chi connectivity index (χ4n) is 2.65. The summed E-state index contributed by atoms with van der Waals surface area (Å²) >= 11 is 0. The number of rotatable bonds is 1. The number of hydrogen-bond donors (Lipinski definition) is 2. The van der Waals surface area contributed by atoms with Crippen molar-refractivity contribution in [2.24, 2.45) is 5.41 Å². The molecule has 1 unspecified atom stereocenters. The van der Waals surface area contributed by atoms with Gasteiger partial charge in [-0.15, -0.1) is 0 Å². The van der Waals surface area contributed by atoms with Gasteiger partial charge in [-0.1, -0.05) is 0 Å². The molecule has 3 N–H and O–H groups in total. The van der Waals surface area contributed by atoms with Gasteiger partial charge in [-0.05, 0) is 24.7 Å².